The summed E-state index contributed by atoms with van der Waals surface area (Å²) in [5, 5.41) is 7.39. The molecule has 2 aliphatic heterocycles. The van der Waals surface area contributed by atoms with Crippen LogP contribution in [0.1, 0.15) is 36.5 Å². The maximum atomic E-state index is 12.4. The Hall–Kier alpha value is -1.19. The molecule has 3 heterocycles. The Kier molecular flexibility index (Phi) is 4.88. The van der Waals surface area contributed by atoms with E-state index in [-0.39, 0.29) is 12.0 Å². The first-order chi connectivity index (χ1) is 10.9. The SMILES string of the molecule is CN1CCNCC1c1noc(C2CCN(CC(F)(F)F)CC2)n1. The third-order valence-corrected chi connectivity index (χ3v) is 4.61. The number of alkyl halides is 3. The molecule has 1 N–H and O–H groups in total. The molecule has 3 rings (SSSR count). The normalized spacial score (nSPS) is 25.8. The molecule has 0 aromatic carbocycles. The van der Waals surface area contributed by atoms with Crippen LogP contribution >= 0.6 is 0 Å². The van der Waals surface area contributed by atoms with Crippen LogP contribution in [0.5, 0.6) is 0 Å². The summed E-state index contributed by atoms with van der Waals surface area (Å²) in [6, 6.07) is 0.0894. The first-order valence-electron chi connectivity index (χ1n) is 7.96. The fourth-order valence-electron chi connectivity index (χ4n) is 3.23. The first kappa shape index (κ1) is 16.7. The molecule has 0 aliphatic carbocycles. The molecule has 0 radical (unpaired) electrons. The van der Waals surface area contributed by atoms with Gasteiger partial charge in [-0.25, -0.2) is 0 Å². The molecule has 0 saturated carbocycles. The number of aromatic nitrogens is 2. The molecule has 2 fully saturated rings. The van der Waals surface area contributed by atoms with E-state index in [1.54, 1.807) is 0 Å². The van der Waals surface area contributed by atoms with E-state index in [1.165, 1.54) is 4.90 Å². The number of rotatable bonds is 3. The summed E-state index contributed by atoms with van der Waals surface area (Å²) in [6.07, 6.45) is -2.89. The number of nitrogens with one attached hydrogen (secondary N) is 1. The Balaban J connectivity index is 1.57. The lowest BCUT2D eigenvalue weighted by atomic mass is 9.97. The number of likely N-dealkylation sites (tertiary alicyclic amines) is 1. The van der Waals surface area contributed by atoms with Crippen LogP contribution in [-0.2, 0) is 0 Å². The quantitative estimate of drug-likeness (QED) is 0.902. The maximum absolute atomic E-state index is 12.4. The maximum Gasteiger partial charge on any atom is 0.401 e. The average molecular weight is 333 g/mol. The molecule has 9 heteroatoms. The average Bonchev–Trinajstić information content (AvgIpc) is 2.96. The van der Waals surface area contributed by atoms with E-state index in [0.717, 1.165) is 19.6 Å². The monoisotopic (exact) mass is 333 g/mol. The van der Waals surface area contributed by atoms with Crippen LogP contribution in [0, 0.1) is 0 Å². The molecule has 0 bridgehead atoms. The summed E-state index contributed by atoms with van der Waals surface area (Å²) in [7, 11) is 2.02. The summed E-state index contributed by atoms with van der Waals surface area (Å²) >= 11 is 0. The van der Waals surface area contributed by atoms with Crippen LogP contribution in [0.4, 0.5) is 13.2 Å². The van der Waals surface area contributed by atoms with Gasteiger partial charge in [0.15, 0.2) is 5.82 Å². The van der Waals surface area contributed by atoms with Gasteiger partial charge in [-0.1, -0.05) is 5.16 Å². The Bertz CT molecular complexity index is 513. The minimum absolute atomic E-state index is 0.0580. The van der Waals surface area contributed by atoms with E-state index in [0.29, 0.717) is 37.6 Å². The standard InChI is InChI=1S/C14H22F3N5O/c1-21-7-4-18-8-11(21)12-19-13(23-20-12)10-2-5-22(6-3-10)9-14(15,16)17/h10-11,18H,2-9H2,1H3. The van der Waals surface area contributed by atoms with Crippen molar-refractivity contribution in [1.82, 2.24) is 25.3 Å². The molecule has 2 aliphatic rings. The Labute approximate surface area is 133 Å². The molecular weight excluding hydrogens is 311 g/mol. The molecule has 0 spiro atoms. The van der Waals surface area contributed by atoms with Gasteiger partial charge >= 0.3 is 6.18 Å². The summed E-state index contributed by atoms with van der Waals surface area (Å²) in [5.41, 5.74) is 0. The largest absolute Gasteiger partial charge is 0.401 e. The van der Waals surface area contributed by atoms with Crippen LogP contribution in [0.3, 0.4) is 0 Å². The highest BCUT2D eigenvalue weighted by Gasteiger charge is 2.34. The second-order valence-electron chi connectivity index (χ2n) is 6.36. The molecular formula is C14H22F3N5O. The second kappa shape index (κ2) is 6.74. The van der Waals surface area contributed by atoms with Gasteiger partial charge in [0.05, 0.1) is 12.6 Å². The van der Waals surface area contributed by atoms with Crippen molar-refractivity contribution < 1.29 is 17.7 Å². The molecule has 1 aromatic rings. The van der Waals surface area contributed by atoms with Crippen LogP contribution < -0.4 is 5.32 Å². The van der Waals surface area contributed by atoms with Crippen molar-refractivity contribution in [1.29, 1.82) is 0 Å². The topological polar surface area (TPSA) is 57.4 Å². The fraction of sp³-hybridized carbons (Fsp3) is 0.857. The lowest BCUT2D eigenvalue weighted by Gasteiger charge is -2.31. The van der Waals surface area contributed by atoms with Crippen LogP contribution in [0.25, 0.3) is 0 Å². The van der Waals surface area contributed by atoms with Gasteiger partial charge in [0.2, 0.25) is 5.89 Å². The molecule has 1 aromatic heterocycles. The highest BCUT2D eigenvalue weighted by molar-refractivity contribution is 5.02. The molecule has 1 atom stereocenters. The van der Waals surface area contributed by atoms with E-state index in [4.69, 9.17) is 4.52 Å². The van der Waals surface area contributed by atoms with Crippen molar-refractivity contribution in [3.63, 3.8) is 0 Å². The minimum Gasteiger partial charge on any atom is -0.339 e. The molecule has 1 unspecified atom stereocenters. The lowest BCUT2D eigenvalue weighted by Crippen LogP contribution is -2.44. The number of halogens is 3. The summed E-state index contributed by atoms with van der Waals surface area (Å²) in [6.45, 7) is 2.62. The van der Waals surface area contributed by atoms with Crippen LogP contribution in [-0.4, -0.2) is 72.4 Å². The van der Waals surface area contributed by atoms with Gasteiger partial charge in [-0.05, 0) is 33.0 Å². The fourth-order valence-corrected chi connectivity index (χ4v) is 3.23. The molecule has 130 valence electrons. The number of hydrogen-bond donors (Lipinski definition) is 1. The zero-order chi connectivity index (χ0) is 16.4. The van der Waals surface area contributed by atoms with Gasteiger partial charge < -0.3 is 9.84 Å². The summed E-state index contributed by atoms with van der Waals surface area (Å²) in [4.78, 5) is 8.12. The van der Waals surface area contributed by atoms with Gasteiger partial charge in [0.25, 0.3) is 0 Å². The van der Waals surface area contributed by atoms with Crippen molar-refractivity contribution in [2.24, 2.45) is 0 Å². The van der Waals surface area contributed by atoms with Crippen molar-refractivity contribution in [3.05, 3.63) is 11.7 Å². The van der Waals surface area contributed by atoms with E-state index in [9.17, 15) is 13.2 Å². The lowest BCUT2D eigenvalue weighted by molar-refractivity contribution is -0.148. The van der Waals surface area contributed by atoms with Crippen LogP contribution in [0.15, 0.2) is 4.52 Å². The number of hydrogen-bond acceptors (Lipinski definition) is 6. The van der Waals surface area contributed by atoms with Gasteiger partial charge in [-0.2, -0.15) is 18.2 Å². The van der Waals surface area contributed by atoms with Crippen molar-refractivity contribution in [2.75, 3.05) is 46.3 Å². The Morgan fingerprint density at radius 3 is 2.65 bits per heavy atom. The van der Waals surface area contributed by atoms with E-state index in [1.807, 2.05) is 7.05 Å². The van der Waals surface area contributed by atoms with E-state index < -0.39 is 12.7 Å². The molecule has 2 saturated heterocycles. The number of nitrogens with zero attached hydrogens (tertiary/aromatic N) is 4. The first-order valence-corrected chi connectivity index (χ1v) is 7.96. The number of likely N-dealkylation sites (N-methyl/N-ethyl adjacent to an activating group) is 1. The zero-order valence-corrected chi connectivity index (χ0v) is 13.1. The summed E-state index contributed by atoms with van der Waals surface area (Å²) < 4.78 is 42.6. The van der Waals surface area contributed by atoms with Gasteiger partial charge in [-0.15, -0.1) is 0 Å². The number of piperazine rings is 1. The van der Waals surface area contributed by atoms with Crippen molar-refractivity contribution >= 4 is 0 Å². The predicted molar refractivity (Wildman–Crippen MR) is 77.0 cm³/mol. The van der Waals surface area contributed by atoms with Gasteiger partial charge in [-0.3, -0.25) is 9.80 Å². The number of piperidine rings is 1. The molecule has 0 amide bonds. The van der Waals surface area contributed by atoms with E-state index in [2.05, 4.69) is 20.4 Å². The highest BCUT2D eigenvalue weighted by Crippen LogP contribution is 2.29. The Morgan fingerprint density at radius 1 is 1.26 bits per heavy atom. The van der Waals surface area contributed by atoms with Gasteiger partial charge in [0.1, 0.15) is 0 Å². The Morgan fingerprint density at radius 2 is 2.00 bits per heavy atom. The third kappa shape index (κ3) is 4.21. The van der Waals surface area contributed by atoms with E-state index >= 15 is 0 Å². The minimum atomic E-state index is -4.14. The molecule has 6 nitrogen and oxygen atoms in total. The second-order valence-corrected chi connectivity index (χ2v) is 6.36. The zero-order valence-electron chi connectivity index (χ0n) is 13.1. The molecule has 23 heavy (non-hydrogen) atoms. The smallest absolute Gasteiger partial charge is 0.339 e. The third-order valence-electron chi connectivity index (χ3n) is 4.61. The predicted octanol–water partition coefficient (Wildman–Crippen LogP) is 1.39. The van der Waals surface area contributed by atoms with Crippen LogP contribution in [0.2, 0.25) is 0 Å². The summed E-state index contributed by atoms with van der Waals surface area (Å²) in [5.74, 6) is 1.28. The van der Waals surface area contributed by atoms with Crippen molar-refractivity contribution in [3.8, 4) is 0 Å². The van der Waals surface area contributed by atoms with Crippen molar-refractivity contribution in [2.45, 2.75) is 31.0 Å². The van der Waals surface area contributed by atoms with Gasteiger partial charge in [0, 0.05) is 25.6 Å². The highest BCUT2D eigenvalue weighted by atomic mass is 19.4.